The molecular weight excluding hydrogens is 595 g/mol. The average molecular weight is 624 g/mol. The highest BCUT2D eigenvalue weighted by Gasteiger charge is 2.18. The number of aliphatic carboxylic acids is 2. The van der Waals surface area contributed by atoms with Crippen LogP contribution in [-0.4, -0.2) is 65.1 Å². The molecular formula is C29H29Cl3N2O7. The van der Waals surface area contributed by atoms with Gasteiger partial charge in [0.25, 0.3) is 0 Å². The standard InChI is InChI=1S/C25H25Cl3N2O3.C4H4O4/c1-30(2)13-4-14-32-23-15-20(27)21(28)16-24(23)33-25-19(5-3-12-29-25)22(31)11-8-17-6-9-18(26)10-7-17;5-3(6)1-2-4(7)8/h3,5-7,9-10,12,15-16H,4,8,11,13-14H2,1-2H3;1-2H,(H,5,6)(H,7,8)/b;2-1+. The molecule has 1 aromatic heterocycles. The number of rotatable bonds is 13. The maximum atomic E-state index is 12.9. The number of carboxylic acids is 2. The topological polar surface area (TPSA) is 126 Å². The molecule has 0 bridgehead atoms. The minimum Gasteiger partial charge on any atom is -0.490 e. The SMILES string of the molecule is CN(C)CCCOc1cc(Cl)c(Cl)cc1Oc1ncccc1C(=O)CCc1ccc(Cl)cc1.O=C(O)/C=C/C(=O)O. The quantitative estimate of drug-likeness (QED) is 0.122. The van der Waals surface area contributed by atoms with Gasteiger partial charge in [0.15, 0.2) is 17.3 Å². The van der Waals surface area contributed by atoms with Gasteiger partial charge < -0.3 is 24.6 Å². The highest BCUT2D eigenvalue weighted by molar-refractivity contribution is 6.42. The van der Waals surface area contributed by atoms with Gasteiger partial charge in [-0.3, -0.25) is 4.79 Å². The molecule has 0 aliphatic carbocycles. The van der Waals surface area contributed by atoms with E-state index in [-0.39, 0.29) is 11.7 Å². The smallest absolute Gasteiger partial charge is 0.328 e. The summed E-state index contributed by atoms with van der Waals surface area (Å²) in [6.07, 6.45) is 4.39. The zero-order chi connectivity index (χ0) is 30.4. The highest BCUT2D eigenvalue weighted by Crippen LogP contribution is 2.39. The first-order chi connectivity index (χ1) is 19.5. The summed E-state index contributed by atoms with van der Waals surface area (Å²) < 4.78 is 11.9. The van der Waals surface area contributed by atoms with Crippen molar-refractivity contribution >= 4 is 52.5 Å². The van der Waals surface area contributed by atoms with E-state index in [1.807, 2.05) is 38.4 Å². The van der Waals surface area contributed by atoms with Gasteiger partial charge in [-0.25, -0.2) is 14.6 Å². The molecule has 3 aromatic rings. The third-order valence-electron chi connectivity index (χ3n) is 5.19. The normalized spacial score (nSPS) is 10.7. The number of Topliss-reactive ketones (excluding diaryl/α,β-unsaturated/α-hetero) is 1. The molecule has 0 radical (unpaired) electrons. The van der Waals surface area contributed by atoms with Gasteiger partial charge in [0.1, 0.15) is 0 Å². The second-order valence-corrected chi connectivity index (χ2v) is 9.99. The van der Waals surface area contributed by atoms with Crippen molar-refractivity contribution in [1.29, 1.82) is 0 Å². The van der Waals surface area contributed by atoms with E-state index in [4.69, 9.17) is 54.5 Å². The number of ketones is 1. The monoisotopic (exact) mass is 622 g/mol. The zero-order valence-electron chi connectivity index (χ0n) is 22.4. The Morgan fingerprint density at radius 2 is 1.54 bits per heavy atom. The number of carboxylic acid groups (broad SMARTS) is 2. The van der Waals surface area contributed by atoms with Gasteiger partial charge >= 0.3 is 11.9 Å². The van der Waals surface area contributed by atoms with Crippen molar-refractivity contribution in [3.63, 3.8) is 0 Å². The minimum atomic E-state index is -1.26. The number of carbonyl (C=O) groups excluding carboxylic acids is 1. The molecule has 41 heavy (non-hydrogen) atoms. The molecule has 0 aliphatic heterocycles. The molecule has 3 rings (SSSR count). The van der Waals surface area contributed by atoms with Crippen LogP contribution in [0.3, 0.4) is 0 Å². The number of nitrogens with zero attached hydrogens (tertiary/aromatic N) is 2. The molecule has 0 saturated heterocycles. The van der Waals surface area contributed by atoms with E-state index in [9.17, 15) is 14.4 Å². The van der Waals surface area contributed by atoms with Crippen LogP contribution in [0.1, 0.15) is 28.8 Å². The first kappa shape index (κ1) is 33.6. The summed E-state index contributed by atoms with van der Waals surface area (Å²) in [4.78, 5) is 38.4. The van der Waals surface area contributed by atoms with Crippen molar-refractivity contribution in [2.75, 3.05) is 27.2 Å². The Hall–Kier alpha value is -3.63. The lowest BCUT2D eigenvalue weighted by atomic mass is 10.0. The highest BCUT2D eigenvalue weighted by atomic mass is 35.5. The first-order valence-electron chi connectivity index (χ1n) is 12.3. The largest absolute Gasteiger partial charge is 0.490 e. The third kappa shape index (κ3) is 12.6. The number of aryl methyl sites for hydroxylation is 1. The van der Waals surface area contributed by atoms with Crippen molar-refractivity contribution < 1.29 is 34.1 Å². The van der Waals surface area contributed by atoms with Crippen LogP contribution in [0.15, 0.2) is 66.9 Å². The van der Waals surface area contributed by atoms with Crippen molar-refractivity contribution in [2.24, 2.45) is 0 Å². The van der Waals surface area contributed by atoms with Gasteiger partial charge in [-0.1, -0.05) is 46.9 Å². The maximum absolute atomic E-state index is 12.9. The second-order valence-electron chi connectivity index (χ2n) is 8.74. The van der Waals surface area contributed by atoms with Crippen molar-refractivity contribution in [2.45, 2.75) is 19.3 Å². The second kappa shape index (κ2) is 17.2. The van der Waals surface area contributed by atoms with E-state index < -0.39 is 11.9 Å². The number of aromatic nitrogens is 1. The third-order valence-corrected chi connectivity index (χ3v) is 6.17. The molecule has 0 spiro atoms. The molecule has 218 valence electrons. The summed E-state index contributed by atoms with van der Waals surface area (Å²) >= 11 is 18.3. The molecule has 0 unspecified atom stereocenters. The Balaban J connectivity index is 0.000000642. The Morgan fingerprint density at radius 3 is 2.12 bits per heavy atom. The summed E-state index contributed by atoms with van der Waals surface area (Å²) in [6.45, 7) is 1.35. The fourth-order valence-corrected chi connectivity index (χ4v) is 3.67. The van der Waals surface area contributed by atoms with Gasteiger partial charge in [-0.15, -0.1) is 0 Å². The molecule has 0 aliphatic rings. The summed E-state index contributed by atoms with van der Waals surface area (Å²) in [5, 5.41) is 17.0. The Kier molecular flexibility index (Phi) is 14.1. The lowest BCUT2D eigenvalue weighted by Crippen LogP contribution is -2.15. The molecule has 9 nitrogen and oxygen atoms in total. The Bertz CT molecular complexity index is 1350. The lowest BCUT2D eigenvalue weighted by molar-refractivity contribution is -0.134. The number of ether oxygens (including phenoxy) is 2. The maximum Gasteiger partial charge on any atom is 0.328 e. The summed E-state index contributed by atoms with van der Waals surface area (Å²) in [7, 11) is 4.00. The molecule has 12 heteroatoms. The fourth-order valence-electron chi connectivity index (χ4n) is 3.24. The van der Waals surface area contributed by atoms with E-state index >= 15 is 0 Å². The van der Waals surface area contributed by atoms with E-state index in [1.165, 1.54) is 0 Å². The molecule has 2 aromatic carbocycles. The Morgan fingerprint density at radius 1 is 0.927 bits per heavy atom. The Labute approximate surface area is 252 Å². The van der Waals surface area contributed by atoms with Crippen molar-refractivity contribution in [1.82, 2.24) is 9.88 Å². The predicted octanol–water partition coefficient (Wildman–Crippen LogP) is 6.69. The van der Waals surface area contributed by atoms with Crippen molar-refractivity contribution in [3.8, 4) is 17.4 Å². The number of carbonyl (C=O) groups is 3. The lowest BCUT2D eigenvalue weighted by Gasteiger charge is -2.15. The molecule has 2 N–H and O–H groups in total. The fraction of sp³-hybridized carbons (Fsp3) is 0.241. The summed E-state index contributed by atoms with van der Waals surface area (Å²) in [5.41, 5.74) is 1.41. The van der Waals surface area contributed by atoms with Crippen LogP contribution in [0.25, 0.3) is 0 Å². The number of halogens is 3. The average Bonchev–Trinajstić information content (AvgIpc) is 2.92. The van der Waals surface area contributed by atoms with E-state index in [0.29, 0.717) is 63.7 Å². The zero-order valence-corrected chi connectivity index (χ0v) is 24.6. The summed E-state index contributed by atoms with van der Waals surface area (Å²) in [6, 6.07) is 14.0. The number of hydrogen-bond acceptors (Lipinski definition) is 7. The van der Waals surface area contributed by atoms with Gasteiger partial charge in [0.2, 0.25) is 5.88 Å². The van der Waals surface area contributed by atoms with Crippen LogP contribution in [-0.2, 0) is 16.0 Å². The number of hydrogen-bond donors (Lipinski definition) is 2. The van der Waals surface area contributed by atoms with Gasteiger partial charge in [0.05, 0.1) is 22.2 Å². The van der Waals surface area contributed by atoms with Gasteiger partial charge in [-0.05, 0) is 56.8 Å². The van der Waals surface area contributed by atoms with Crippen LogP contribution < -0.4 is 9.47 Å². The van der Waals surface area contributed by atoms with Crippen molar-refractivity contribution in [3.05, 3.63) is 93.1 Å². The molecule has 0 saturated carbocycles. The van der Waals surface area contributed by atoms with Crippen LogP contribution in [0, 0.1) is 0 Å². The summed E-state index contributed by atoms with van der Waals surface area (Å²) in [5.74, 6) is -1.62. The predicted molar refractivity (Wildman–Crippen MR) is 158 cm³/mol. The van der Waals surface area contributed by atoms with E-state index in [2.05, 4.69) is 9.88 Å². The number of pyridine rings is 1. The molecule has 0 atom stereocenters. The number of benzene rings is 2. The molecule has 1 heterocycles. The minimum absolute atomic E-state index is 0.0819. The molecule has 0 amide bonds. The van der Waals surface area contributed by atoms with Crippen LogP contribution in [0.2, 0.25) is 15.1 Å². The molecule has 0 fully saturated rings. The van der Waals surface area contributed by atoms with Crippen LogP contribution >= 0.6 is 34.8 Å². The first-order valence-corrected chi connectivity index (χ1v) is 13.4. The van der Waals surface area contributed by atoms with Gasteiger partial charge in [-0.2, -0.15) is 0 Å². The van der Waals surface area contributed by atoms with Crippen LogP contribution in [0.4, 0.5) is 0 Å². The van der Waals surface area contributed by atoms with Gasteiger partial charge in [0, 0.05) is 48.5 Å². The van der Waals surface area contributed by atoms with Crippen LogP contribution in [0.5, 0.6) is 17.4 Å². The van der Waals surface area contributed by atoms with E-state index in [0.717, 1.165) is 18.5 Å². The van der Waals surface area contributed by atoms with E-state index in [1.54, 1.807) is 30.5 Å².